The highest BCUT2D eigenvalue weighted by molar-refractivity contribution is 6.09. The number of nitro groups is 1. The number of nitrogens with zero attached hydrogens (tertiary/aromatic N) is 2. The highest BCUT2D eigenvalue weighted by Gasteiger charge is 2.21. The van der Waals surface area contributed by atoms with Crippen molar-refractivity contribution in [1.82, 2.24) is 0 Å². The van der Waals surface area contributed by atoms with E-state index in [1.54, 1.807) is 19.1 Å². The van der Waals surface area contributed by atoms with Gasteiger partial charge in [-0.05, 0) is 37.3 Å². The first-order valence-electron chi connectivity index (χ1n) is 9.52. The van der Waals surface area contributed by atoms with Crippen molar-refractivity contribution in [2.75, 3.05) is 11.9 Å². The molecule has 30 heavy (non-hydrogen) atoms. The number of benzene rings is 3. The zero-order valence-corrected chi connectivity index (χ0v) is 16.6. The largest absolute Gasteiger partial charge is 0.450 e. The van der Waals surface area contributed by atoms with Crippen LogP contribution < -0.4 is 9.88 Å². The second-order valence-corrected chi connectivity index (χ2v) is 6.83. The highest BCUT2D eigenvalue weighted by atomic mass is 16.6. The Morgan fingerprint density at radius 1 is 1.03 bits per heavy atom. The van der Waals surface area contributed by atoms with E-state index in [-0.39, 0.29) is 5.69 Å². The highest BCUT2D eigenvalue weighted by Crippen LogP contribution is 2.32. The van der Waals surface area contributed by atoms with Crippen LogP contribution in [0.2, 0.25) is 0 Å². The second-order valence-electron chi connectivity index (χ2n) is 6.83. The van der Waals surface area contributed by atoms with Crippen LogP contribution in [0, 0.1) is 10.1 Å². The number of non-ortho nitro benzene ring substituents is 1. The van der Waals surface area contributed by atoms with E-state index in [0.29, 0.717) is 12.3 Å². The van der Waals surface area contributed by atoms with E-state index in [1.165, 1.54) is 12.1 Å². The molecule has 0 unspecified atom stereocenters. The fourth-order valence-corrected chi connectivity index (χ4v) is 3.72. The lowest BCUT2D eigenvalue weighted by Gasteiger charge is -2.11. The van der Waals surface area contributed by atoms with Crippen molar-refractivity contribution in [3.05, 3.63) is 76.8 Å². The molecule has 0 bridgehead atoms. The minimum atomic E-state index is -0.504. The van der Waals surface area contributed by atoms with Gasteiger partial charge in [-0.2, -0.15) is 4.57 Å². The Morgan fingerprint density at radius 2 is 1.73 bits per heavy atom. The lowest BCUT2D eigenvalue weighted by molar-refractivity contribution is -0.632. The molecule has 7 heteroatoms. The molecule has 1 aromatic heterocycles. The molecule has 0 aliphatic rings. The van der Waals surface area contributed by atoms with E-state index in [9.17, 15) is 14.9 Å². The van der Waals surface area contributed by atoms with Crippen LogP contribution in [-0.4, -0.2) is 17.6 Å². The molecule has 1 heterocycles. The number of carbonyl (C=O) groups is 1. The van der Waals surface area contributed by atoms with Crippen molar-refractivity contribution in [2.24, 2.45) is 7.05 Å². The summed E-state index contributed by atoms with van der Waals surface area (Å²) in [6.45, 7) is 2.05. The van der Waals surface area contributed by atoms with Crippen LogP contribution in [-0.2, 0) is 11.8 Å². The first-order valence-corrected chi connectivity index (χ1v) is 9.52. The number of hydrogen-bond acceptors (Lipinski definition) is 4. The summed E-state index contributed by atoms with van der Waals surface area (Å²) in [4.78, 5) is 22.4. The molecule has 4 aromatic rings. The smallest absolute Gasteiger partial charge is 0.411 e. The Bertz CT molecular complexity index is 1280. The number of nitro benzene ring substituents is 1. The Balaban J connectivity index is 1.94. The molecule has 0 aliphatic carbocycles. The predicted octanol–water partition coefficient (Wildman–Crippen LogP) is 4.96. The number of pyridine rings is 1. The molecule has 1 amide bonds. The molecule has 150 valence electrons. The summed E-state index contributed by atoms with van der Waals surface area (Å²) >= 11 is 0. The number of aromatic nitrogens is 1. The van der Waals surface area contributed by atoms with Crippen molar-refractivity contribution >= 4 is 39.1 Å². The molecular formula is C23H20N3O4+. The van der Waals surface area contributed by atoms with E-state index in [2.05, 4.69) is 5.32 Å². The van der Waals surface area contributed by atoms with Crippen molar-refractivity contribution < 1.29 is 19.0 Å². The number of fused-ring (bicyclic) bond motifs is 3. The zero-order chi connectivity index (χ0) is 21.3. The van der Waals surface area contributed by atoms with Gasteiger partial charge in [-0.1, -0.05) is 18.2 Å². The second kappa shape index (κ2) is 7.79. The maximum Gasteiger partial charge on any atom is 0.411 e. The lowest BCUT2D eigenvalue weighted by Crippen LogP contribution is -2.32. The first kappa shape index (κ1) is 19.3. The predicted molar refractivity (Wildman–Crippen MR) is 115 cm³/mol. The minimum Gasteiger partial charge on any atom is -0.450 e. The molecule has 0 saturated carbocycles. The molecule has 7 nitrogen and oxygen atoms in total. The Labute approximate surface area is 172 Å². The van der Waals surface area contributed by atoms with Gasteiger partial charge in [-0.15, -0.1) is 0 Å². The topological polar surface area (TPSA) is 85.3 Å². The molecular weight excluding hydrogens is 382 g/mol. The molecule has 1 N–H and O–H groups in total. The molecule has 0 atom stereocenters. The van der Waals surface area contributed by atoms with Crippen molar-refractivity contribution in [2.45, 2.75) is 6.92 Å². The van der Waals surface area contributed by atoms with Crippen LogP contribution in [0.5, 0.6) is 0 Å². The van der Waals surface area contributed by atoms with E-state index >= 15 is 0 Å². The summed E-state index contributed by atoms with van der Waals surface area (Å²) < 4.78 is 7.01. The van der Waals surface area contributed by atoms with E-state index in [1.807, 2.05) is 54.1 Å². The molecule has 0 spiro atoms. The molecule has 0 radical (unpaired) electrons. The summed E-state index contributed by atoms with van der Waals surface area (Å²) in [5, 5.41) is 16.9. The maximum absolute atomic E-state index is 11.8. The van der Waals surface area contributed by atoms with Gasteiger partial charge >= 0.3 is 6.09 Å². The number of aryl methyl sites for hydroxylation is 1. The van der Waals surface area contributed by atoms with Gasteiger partial charge in [0.1, 0.15) is 7.05 Å². The van der Waals surface area contributed by atoms with Gasteiger partial charge in [0, 0.05) is 29.1 Å². The number of hydrogen-bond donors (Lipinski definition) is 1. The number of nitrogens with one attached hydrogen (secondary N) is 1. The Hall–Kier alpha value is -4.00. The summed E-state index contributed by atoms with van der Waals surface area (Å²) in [6, 6.07) is 20.3. The average Bonchev–Trinajstić information content (AvgIpc) is 2.74. The standard InChI is InChI=1S/C23H19N3O4/c1-3-30-23(27)24-16-10-13-19-18-6-4-5-7-20(18)22(25(2)21(19)14-16)15-8-11-17(12-9-15)26(28)29/h4-14H,3H2,1-2H3/p+1. The van der Waals surface area contributed by atoms with E-state index < -0.39 is 11.0 Å². The number of ether oxygens (including phenoxy) is 1. The molecule has 3 aromatic carbocycles. The van der Waals surface area contributed by atoms with Crippen LogP contribution in [0.15, 0.2) is 66.7 Å². The third-order valence-corrected chi connectivity index (χ3v) is 5.04. The molecule has 4 rings (SSSR count). The van der Waals surface area contributed by atoms with Gasteiger partial charge in [0.2, 0.25) is 11.2 Å². The van der Waals surface area contributed by atoms with Gasteiger partial charge < -0.3 is 4.74 Å². The number of amides is 1. The summed E-state index contributed by atoms with van der Waals surface area (Å²) in [7, 11) is 1.94. The van der Waals surface area contributed by atoms with Gasteiger partial charge in [0.05, 0.1) is 28.0 Å². The van der Waals surface area contributed by atoms with Gasteiger partial charge in [-0.3, -0.25) is 15.4 Å². The van der Waals surface area contributed by atoms with E-state index in [4.69, 9.17) is 4.74 Å². The monoisotopic (exact) mass is 402 g/mol. The summed E-state index contributed by atoms with van der Waals surface area (Å²) in [5.41, 5.74) is 3.39. The lowest BCUT2D eigenvalue weighted by atomic mass is 9.99. The normalized spacial score (nSPS) is 10.9. The Kier molecular flexibility index (Phi) is 5.02. The number of anilines is 1. The number of carbonyl (C=O) groups excluding carboxylic acids is 1. The molecule has 0 fully saturated rings. The fraction of sp³-hybridized carbons (Fsp3) is 0.130. The van der Waals surface area contributed by atoms with Crippen molar-refractivity contribution in [3.8, 4) is 11.3 Å². The van der Waals surface area contributed by atoms with Crippen LogP contribution >= 0.6 is 0 Å². The third kappa shape index (κ3) is 3.41. The Morgan fingerprint density at radius 3 is 2.40 bits per heavy atom. The quantitative estimate of drug-likeness (QED) is 0.226. The zero-order valence-electron chi connectivity index (χ0n) is 16.6. The van der Waals surface area contributed by atoms with Gasteiger partial charge in [0.25, 0.3) is 5.69 Å². The summed E-state index contributed by atoms with van der Waals surface area (Å²) in [5.74, 6) is 0. The van der Waals surface area contributed by atoms with Crippen LogP contribution in [0.1, 0.15) is 6.92 Å². The fourth-order valence-electron chi connectivity index (χ4n) is 3.72. The van der Waals surface area contributed by atoms with Crippen LogP contribution in [0.3, 0.4) is 0 Å². The molecule has 0 aliphatic heterocycles. The minimum absolute atomic E-state index is 0.0485. The van der Waals surface area contributed by atoms with Gasteiger partial charge in [0.15, 0.2) is 0 Å². The van der Waals surface area contributed by atoms with Crippen LogP contribution in [0.4, 0.5) is 16.2 Å². The summed E-state index contributed by atoms with van der Waals surface area (Å²) in [6.07, 6.45) is -0.504. The maximum atomic E-state index is 11.8. The first-order chi connectivity index (χ1) is 14.5. The van der Waals surface area contributed by atoms with E-state index in [0.717, 1.165) is 32.9 Å². The van der Waals surface area contributed by atoms with Crippen molar-refractivity contribution in [3.63, 3.8) is 0 Å². The van der Waals surface area contributed by atoms with Gasteiger partial charge in [-0.25, -0.2) is 4.79 Å². The molecule has 0 saturated heterocycles. The van der Waals surface area contributed by atoms with Crippen LogP contribution in [0.25, 0.3) is 32.9 Å². The number of rotatable bonds is 4. The van der Waals surface area contributed by atoms with Crippen molar-refractivity contribution in [1.29, 1.82) is 0 Å². The third-order valence-electron chi connectivity index (χ3n) is 5.04. The SMILES string of the molecule is CCOC(=O)Nc1ccc2c3ccccc3c(-c3ccc([N+](=O)[O-])cc3)[n+](C)c2c1. The average molecular weight is 402 g/mol.